The first-order valence-corrected chi connectivity index (χ1v) is 7.72. The summed E-state index contributed by atoms with van der Waals surface area (Å²) in [6.45, 7) is 0. The van der Waals surface area contributed by atoms with E-state index in [4.69, 9.17) is 10.9 Å². The molecule has 0 aliphatic carbocycles. The van der Waals surface area contributed by atoms with Gasteiger partial charge in [0.1, 0.15) is 0 Å². The van der Waals surface area contributed by atoms with Crippen molar-refractivity contribution in [1.82, 2.24) is 9.99 Å². The molecule has 7 nitrogen and oxygen atoms in total. The molecule has 2 aromatic rings. The van der Waals surface area contributed by atoms with E-state index in [1.165, 1.54) is 12.1 Å². The highest BCUT2D eigenvalue weighted by molar-refractivity contribution is 7.89. The SMILES string of the molecule is NC(=S)NN=Cc1cccn1-c1ccc(S(N)(=O)=O)cc1. The van der Waals surface area contributed by atoms with Crippen LogP contribution < -0.4 is 16.3 Å². The number of rotatable bonds is 4. The van der Waals surface area contributed by atoms with Gasteiger partial charge in [-0.1, -0.05) is 0 Å². The molecule has 1 aromatic carbocycles. The second kappa shape index (κ2) is 6.04. The van der Waals surface area contributed by atoms with E-state index in [0.29, 0.717) is 0 Å². The fourth-order valence-electron chi connectivity index (χ4n) is 1.69. The number of hydrogen-bond donors (Lipinski definition) is 3. The van der Waals surface area contributed by atoms with E-state index in [0.717, 1.165) is 11.4 Å². The number of nitrogens with two attached hydrogens (primary N) is 2. The maximum atomic E-state index is 11.2. The van der Waals surface area contributed by atoms with Crippen molar-refractivity contribution in [3.63, 3.8) is 0 Å². The lowest BCUT2D eigenvalue weighted by Gasteiger charge is -2.07. The van der Waals surface area contributed by atoms with Gasteiger partial charge in [0.25, 0.3) is 0 Å². The Bertz CT molecular complexity index is 778. The van der Waals surface area contributed by atoms with Crippen LogP contribution in [0.1, 0.15) is 5.69 Å². The molecule has 2 rings (SSSR count). The van der Waals surface area contributed by atoms with Gasteiger partial charge in [0.05, 0.1) is 16.8 Å². The Morgan fingerprint density at radius 2 is 1.95 bits per heavy atom. The van der Waals surface area contributed by atoms with Crippen LogP contribution in [0.3, 0.4) is 0 Å². The standard InChI is InChI=1S/C12H13N5O2S2/c13-12(20)16-15-8-10-2-1-7-17(10)9-3-5-11(6-4-9)21(14,18)19/h1-8H,(H3,13,16,20)(H2,14,18,19). The summed E-state index contributed by atoms with van der Waals surface area (Å²) < 4.78 is 24.3. The lowest BCUT2D eigenvalue weighted by Crippen LogP contribution is -2.24. The third kappa shape index (κ3) is 3.88. The van der Waals surface area contributed by atoms with E-state index in [1.54, 1.807) is 18.3 Å². The molecule has 9 heteroatoms. The fourth-order valence-corrected chi connectivity index (χ4v) is 2.26. The van der Waals surface area contributed by atoms with Crippen molar-refractivity contribution < 1.29 is 8.42 Å². The molecule has 0 aliphatic heterocycles. The van der Waals surface area contributed by atoms with Crippen LogP contribution in [0.25, 0.3) is 5.69 Å². The maximum absolute atomic E-state index is 11.2. The van der Waals surface area contributed by atoms with Gasteiger partial charge >= 0.3 is 0 Å². The Hall–Kier alpha value is -2.23. The summed E-state index contributed by atoms with van der Waals surface area (Å²) in [7, 11) is -3.70. The van der Waals surface area contributed by atoms with Crippen molar-refractivity contribution in [2.45, 2.75) is 4.90 Å². The maximum Gasteiger partial charge on any atom is 0.238 e. The Morgan fingerprint density at radius 1 is 1.29 bits per heavy atom. The molecule has 1 heterocycles. The molecule has 0 radical (unpaired) electrons. The van der Waals surface area contributed by atoms with E-state index in [9.17, 15) is 8.42 Å². The average Bonchev–Trinajstić information content (AvgIpc) is 2.86. The molecule has 0 fully saturated rings. The van der Waals surface area contributed by atoms with Crippen molar-refractivity contribution in [2.24, 2.45) is 16.0 Å². The van der Waals surface area contributed by atoms with Gasteiger partial charge in [-0.3, -0.25) is 5.43 Å². The number of benzene rings is 1. The average molecular weight is 323 g/mol. The molecule has 0 aliphatic rings. The molecule has 0 atom stereocenters. The van der Waals surface area contributed by atoms with Crippen LogP contribution >= 0.6 is 12.2 Å². The molecular formula is C12H13N5O2S2. The molecule has 0 spiro atoms. The zero-order valence-electron chi connectivity index (χ0n) is 10.8. The summed E-state index contributed by atoms with van der Waals surface area (Å²) in [5, 5.41) is 9.01. The second-order valence-corrected chi connectivity index (χ2v) is 6.08. The van der Waals surface area contributed by atoms with E-state index >= 15 is 0 Å². The molecule has 5 N–H and O–H groups in total. The van der Waals surface area contributed by atoms with Gasteiger partial charge in [-0.15, -0.1) is 0 Å². The van der Waals surface area contributed by atoms with Crippen LogP contribution in [0.5, 0.6) is 0 Å². The summed E-state index contributed by atoms with van der Waals surface area (Å²) in [5.74, 6) is 0. The minimum atomic E-state index is -3.70. The Labute approximate surface area is 127 Å². The molecule has 0 saturated carbocycles. The van der Waals surface area contributed by atoms with Crippen LogP contribution in [0.4, 0.5) is 0 Å². The molecule has 0 unspecified atom stereocenters. The molecular weight excluding hydrogens is 310 g/mol. The zero-order chi connectivity index (χ0) is 15.5. The normalized spacial score (nSPS) is 11.7. The minimum Gasteiger partial charge on any atom is -0.375 e. The second-order valence-electron chi connectivity index (χ2n) is 4.08. The molecule has 1 aromatic heterocycles. The van der Waals surface area contributed by atoms with E-state index in [2.05, 4.69) is 22.7 Å². The number of hydrazone groups is 1. The highest BCUT2D eigenvalue weighted by Crippen LogP contribution is 2.14. The van der Waals surface area contributed by atoms with E-state index in [-0.39, 0.29) is 10.0 Å². The van der Waals surface area contributed by atoms with Gasteiger partial charge in [0, 0.05) is 11.9 Å². The van der Waals surface area contributed by atoms with Crippen molar-refractivity contribution in [1.29, 1.82) is 0 Å². The first-order chi connectivity index (χ1) is 9.88. The summed E-state index contributed by atoms with van der Waals surface area (Å²) in [6.07, 6.45) is 3.36. The highest BCUT2D eigenvalue weighted by Gasteiger charge is 2.08. The lowest BCUT2D eigenvalue weighted by molar-refractivity contribution is 0.598. The smallest absolute Gasteiger partial charge is 0.238 e. The predicted molar refractivity (Wildman–Crippen MR) is 84.7 cm³/mol. The third-order valence-electron chi connectivity index (χ3n) is 2.60. The predicted octanol–water partition coefficient (Wildman–Crippen LogP) is 0.292. The fraction of sp³-hybridized carbons (Fsp3) is 0. The van der Waals surface area contributed by atoms with Crippen LogP contribution in [-0.2, 0) is 10.0 Å². The van der Waals surface area contributed by atoms with Gasteiger partial charge in [-0.25, -0.2) is 13.6 Å². The summed E-state index contributed by atoms with van der Waals surface area (Å²) in [4.78, 5) is 0.0590. The summed E-state index contributed by atoms with van der Waals surface area (Å²) >= 11 is 4.64. The largest absolute Gasteiger partial charge is 0.375 e. The monoisotopic (exact) mass is 323 g/mol. The van der Waals surface area contributed by atoms with Crippen molar-refractivity contribution in [3.05, 3.63) is 48.3 Å². The van der Waals surface area contributed by atoms with Crippen molar-refractivity contribution in [3.8, 4) is 5.69 Å². The van der Waals surface area contributed by atoms with Gasteiger partial charge in [0.15, 0.2) is 5.11 Å². The molecule has 0 bridgehead atoms. The van der Waals surface area contributed by atoms with Crippen LogP contribution in [0, 0.1) is 0 Å². The number of sulfonamides is 1. The van der Waals surface area contributed by atoms with Crippen LogP contribution in [0.15, 0.2) is 52.6 Å². The van der Waals surface area contributed by atoms with Crippen LogP contribution in [-0.4, -0.2) is 24.3 Å². The molecule has 110 valence electrons. The lowest BCUT2D eigenvalue weighted by atomic mass is 10.3. The van der Waals surface area contributed by atoms with Crippen molar-refractivity contribution >= 4 is 33.6 Å². The third-order valence-corrected chi connectivity index (χ3v) is 3.62. The number of hydrogen-bond acceptors (Lipinski definition) is 4. The Kier molecular flexibility index (Phi) is 4.36. The first-order valence-electron chi connectivity index (χ1n) is 5.77. The van der Waals surface area contributed by atoms with Gasteiger partial charge in [0.2, 0.25) is 10.0 Å². The van der Waals surface area contributed by atoms with Crippen LogP contribution in [0.2, 0.25) is 0 Å². The van der Waals surface area contributed by atoms with Crippen molar-refractivity contribution in [2.75, 3.05) is 0 Å². The molecule has 21 heavy (non-hydrogen) atoms. The topological polar surface area (TPSA) is 116 Å². The first kappa shape index (κ1) is 15.2. The Balaban J connectivity index is 2.29. The van der Waals surface area contributed by atoms with Gasteiger partial charge < -0.3 is 10.3 Å². The number of aromatic nitrogens is 1. The number of nitrogens with one attached hydrogen (secondary N) is 1. The highest BCUT2D eigenvalue weighted by atomic mass is 32.2. The zero-order valence-corrected chi connectivity index (χ0v) is 12.4. The van der Waals surface area contributed by atoms with E-state index in [1.807, 2.05) is 22.9 Å². The number of thiocarbonyl (C=S) groups is 1. The van der Waals surface area contributed by atoms with E-state index < -0.39 is 10.0 Å². The molecule has 0 saturated heterocycles. The number of primary sulfonamides is 1. The molecule has 0 amide bonds. The van der Waals surface area contributed by atoms with Gasteiger partial charge in [-0.05, 0) is 48.6 Å². The summed E-state index contributed by atoms with van der Waals surface area (Å²) in [5.41, 5.74) is 9.26. The van der Waals surface area contributed by atoms with Gasteiger partial charge in [-0.2, -0.15) is 5.10 Å². The number of nitrogens with zero attached hydrogens (tertiary/aromatic N) is 2. The minimum absolute atomic E-state index is 0.0590. The Morgan fingerprint density at radius 3 is 2.52 bits per heavy atom. The quantitative estimate of drug-likeness (QED) is 0.425. The summed E-state index contributed by atoms with van der Waals surface area (Å²) in [6, 6.07) is 9.85.